The highest BCUT2D eigenvalue weighted by molar-refractivity contribution is 9.10. The summed E-state index contributed by atoms with van der Waals surface area (Å²) in [5, 5.41) is 13.3. The van der Waals surface area contributed by atoms with E-state index in [2.05, 4.69) is 26.7 Å². The first-order chi connectivity index (χ1) is 10.0. The maximum Gasteiger partial charge on any atom is 0.270 e. The highest BCUT2D eigenvalue weighted by atomic mass is 79.9. The third-order valence-corrected chi connectivity index (χ3v) is 3.39. The van der Waals surface area contributed by atoms with Crippen LogP contribution in [0.25, 0.3) is 0 Å². The zero-order chi connectivity index (χ0) is 15.4. The van der Waals surface area contributed by atoms with E-state index in [1.165, 1.54) is 18.2 Å². The van der Waals surface area contributed by atoms with E-state index in [0.29, 0.717) is 21.4 Å². The maximum absolute atomic E-state index is 12.2. The third-order valence-electron chi connectivity index (χ3n) is 2.74. The first kappa shape index (κ1) is 14.9. The number of nitrogens with one attached hydrogen (secondary N) is 2. The molecule has 1 amide bonds. The van der Waals surface area contributed by atoms with E-state index in [4.69, 9.17) is 5.84 Å². The van der Waals surface area contributed by atoms with Crippen LogP contribution in [0.3, 0.4) is 0 Å². The van der Waals surface area contributed by atoms with E-state index < -0.39 is 4.92 Å². The number of hydrogen-bond acceptors (Lipinski definition) is 5. The molecule has 2 aromatic carbocycles. The molecule has 0 radical (unpaired) electrons. The molecule has 0 saturated heterocycles. The molecule has 4 N–H and O–H groups in total. The quantitative estimate of drug-likeness (QED) is 0.446. The summed E-state index contributed by atoms with van der Waals surface area (Å²) in [5.74, 6) is 4.97. The molecule has 0 aliphatic heterocycles. The van der Waals surface area contributed by atoms with Crippen molar-refractivity contribution < 1.29 is 9.72 Å². The Morgan fingerprint density at radius 1 is 1.19 bits per heavy atom. The van der Waals surface area contributed by atoms with Crippen LogP contribution in [0.1, 0.15) is 10.4 Å². The van der Waals surface area contributed by atoms with Gasteiger partial charge in [-0.25, -0.2) is 0 Å². The average Bonchev–Trinajstić information content (AvgIpc) is 2.48. The van der Waals surface area contributed by atoms with Crippen molar-refractivity contribution in [1.82, 2.24) is 0 Å². The fourth-order valence-corrected chi connectivity index (χ4v) is 2.18. The van der Waals surface area contributed by atoms with E-state index in [1.54, 1.807) is 24.3 Å². The summed E-state index contributed by atoms with van der Waals surface area (Å²) in [6.45, 7) is 0. The monoisotopic (exact) mass is 350 g/mol. The molecule has 0 aliphatic carbocycles. The average molecular weight is 351 g/mol. The van der Waals surface area contributed by atoms with Crippen LogP contribution in [-0.4, -0.2) is 10.8 Å². The molecule has 0 bridgehead atoms. The summed E-state index contributed by atoms with van der Waals surface area (Å²) < 4.78 is 0.420. The van der Waals surface area contributed by atoms with Crippen molar-refractivity contribution >= 4 is 38.9 Å². The SMILES string of the molecule is NNc1ccccc1C(=O)Nc1ccc([N+](=O)[O-])cc1Br. The molecule has 0 heterocycles. The van der Waals surface area contributed by atoms with Gasteiger partial charge in [0.25, 0.3) is 11.6 Å². The van der Waals surface area contributed by atoms with E-state index in [1.807, 2.05) is 0 Å². The summed E-state index contributed by atoms with van der Waals surface area (Å²) in [4.78, 5) is 22.4. The summed E-state index contributed by atoms with van der Waals surface area (Å²) in [5.41, 5.74) is 3.65. The lowest BCUT2D eigenvalue weighted by Gasteiger charge is -2.10. The van der Waals surface area contributed by atoms with E-state index >= 15 is 0 Å². The number of halogens is 1. The van der Waals surface area contributed by atoms with Gasteiger partial charge in [-0.1, -0.05) is 12.1 Å². The zero-order valence-electron chi connectivity index (χ0n) is 10.7. The number of nitrogen functional groups attached to an aromatic ring is 1. The number of hydrazine groups is 1. The number of benzene rings is 2. The molecular weight excluding hydrogens is 340 g/mol. The zero-order valence-corrected chi connectivity index (χ0v) is 12.3. The molecule has 8 heteroatoms. The van der Waals surface area contributed by atoms with Crippen LogP contribution in [0.5, 0.6) is 0 Å². The fourth-order valence-electron chi connectivity index (χ4n) is 1.72. The number of nitrogens with two attached hydrogens (primary N) is 1. The molecule has 7 nitrogen and oxygen atoms in total. The number of carbonyl (C=O) groups is 1. The van der Waals surface area contributed by atoms with Crippen molar-refractivity contribution in [2.45, 2.75) is 0 Å². The van der Waals surface area contributed by atoms with Gasteiger partial charge in [-0.15, -0.1) is 0 Å². The van der Waals surface area contributed by atoms with Gasteiger partial charge in [0, 0.05) is 16.6 Å². The maximum atomic E-state index is 12.2. The lowest BCUT2D eigenvalue weighted by Crippen LogP contribution is -2.17. The molecule has 0 aliphatic rings. The van der Waals surface area contributed by atoms with Gasteiger partial charge >= 0.3 is 0 Å². The highest BCUT2D eigenvalue weighted by Gasteiger charge is 2.14. The Bertz CT molecular complexity index is 706. The second-order valence-corrected chi connectivity index (χ2v) is 4.92. The van der Waals surface area contributed by atoms with Gasteiger partial charge in [-0.2, -0.15) is 0 Å². The third kappa shape index (κ3) is 3.36. The van der Waals surface area contributed by atoms with E-state index in [-0.39, 0.29) is 11.6 Å². The molecule has 0 aromatic heterocycles. The topological polar surface area (TPSA) is 110 Å². The lowest BCUT2D eigenvalue weighted by molar-refractivity contribution is -0.384. The number of nitrogens with zero attached hydrogens (tertiary/aromatic N) is 1. The Morgan fingerprint density at radius 3 is 2.52 bits per heavy atom. The minimum atomic E-state index is -0.510. The first-order valence-corrected chi connectivity index (χ1v) is 6.63. The minimum Gasteiger partial charge on any atom is -0.323 e. The van der Waals surface area contributed by atoms with Crippen molar-refractivity contribution in [3.8, 4) is 0 Å². The highest BCUT2D eigenvalue weighted by Crippen LogP contribution is 2.28. The predicted molar refractivity (Wildman–Crippen MR) is 83.0 cm³/mol. The normalized spacial score (nSPS) is 10.0. The molecule has 21 heavy (non-hydrogen) atoms. The van der Waals surface area contributed by atoms with Crippen molar-refractivity contribution in [1.29, 1.82) is 0 Å². The number of nitro benzene ring substituents is 1. The number of carbonyl (C=O) groups excluding carboxylic acids is 1. The van der Waals surface area contributed by atoms with Crippen LogP contribution in [0.15, 0.2) is 46.9 Å². The Hall–Kier alpha value is -2.45. The lowest BCUT2D eigenvalue weighted by atomic mass is 10.1. The second kappa shape index (κ2) is 6.33. The molecule has 0 saturated carbocycles. The smallest absolute Gasteiger partial charge is 0.270 e. The van der Waals surface area contributed by atoms with Crippen molar-refractivity contribution in [2.24, 2.45) is 5.84 Å². The standard InChI is InChI=1S/C13H11BrN4O3/c14-10-7-8(18(20)21)5-6-12(10)16-13(19)9-3-1-2-4-11(9)17-15/h1-7,17H,15H2,(H,16,19). The second-order valence-electron chi connectivity index (χ2n) is 4.07. The fraction of sp³-hybridized carbons (Fsp3) is 0. The molecule has 108 valence electrons. The van der Waals surface area contributed by atoms with Gasteiger partial charge in [0.15, 0.2) is 0 Å². The van der Waals surface area contributed by atoms with Crippen molar-refractivity contribution in [3.63, 3.8) is 0 Å². The van der Waals surface area contributed by atoms with Gasteiger partial charge in [-0.05, 0) is 34.1 Å². The summed E-state index contributed by atoms with van der Waals surface area (Å²) in [7, 11) is 0. The summed E-state index contributed by atoms with van der Waals surface area (Å²) >= 11 is 3.19. The van der Waals surface area contributed by atoms with Crippen LogP contribution >= 0.6 is 15.9 Å². The van der Waals surface area contributed by atoms with Gasteiger partial charge in [0.05, 0.1) is 21.9 Å². The summed E-state index contributed by atoms with van der Waals surface area (Å²) in [6.07, 6.45) is 0. The number of hydrogen-bond donors (Lipinski definition) is 3. The van der Waals surface area contributed by atoms with Gasteiger partial charge in [0.1, 0.15) is 0 Å². The van der Waals surface area contributed by atoms with Crippen molar-refractivity contribution in [2.75, 3.05) is 10.7 Å². The van der Waals surface area contributed by atoms with Crippen LogP contribution in [0.4, 0.5) is 17.1 Å². The van der Waals surface area contributed by atoms with Crippen LogP contribution in [0.2, 0.25) is 0 Å². The van der Waals surface area contributed by atoms with Crippen LogP contribution in [-0.2, 0) is 0 Å². The number of nitro groups is 1. The first-order valence-electron chi connectivity index (χ1n) is 5.84. The number of non-ortho nitro benzene ring substituents is 1. The van der Waals surface area contributed by atoms with Gasteiger partial charge < -0.3 is 10.7 Å². The number of para-hydroxylation sites is 1. The predicted octanol–water partition coefficient (Wildman–Crippen LogP) is 2.90. The van der Waals surface area contributed by atoms with Gasteiger partial charge in [-0.3, -0.25) is 20.8 Å². The van der Waals surface area contributed by atoms with Crippen LogP contribution < -0.4 is 16.6 Å². The largest absolute Gasteiger partial charge is 0.323 e. The Balaban J connectivity index is 2.26. The number of rotatable bonds is 4. The summed E-state index contributed by atoms with van der Waals surface area (Å²) in [6, 6.07) is 10.8. The molecule has 0 fully saturated rings. The number of anilines is 2. The molecule has 2 aromatic rings. The molecule has 0 atom stereocenters. The van der Waals surface area contributed by atoms with Crippen LogP contribution in [0, 0.1) is 10.1 Å². The number of amides is 1. The molecule has 2 rings (SSSR count). The molecule has 0 spiro atoms. The van der Waals surface area contributed by atoms with E-state index in [9.17, 15) is 14.9 Å². The minimum absolute atomic E-state index is 0.0658. The van der Waals surface area contributed by atoms with Crippen molar-refractivity contribution in [3.05, 3.63) is 62.6 Å². The van der Waals surface area contributed by atoms with E-state index in [0.717, 1.165) is 0 Å². The molecule has 0 unspecified atom stereocenters. The Kier molecular flexibility index (Phi) is 4.51. The Labute approximate surface area is 128 Å². The Morgan fingerprint density at radius 2 is 1.90 bits per heavy atom. The van der Waals surface area contributed by atoms with Gasteiger partial charge in [0.2, 0.25) is 0 Å². The molecular formula is C13H11BrN4O3.